The fourth-order valence-electron chi connectivity index (χ4n) is 2.53. The molecule has 0 bridgehead atoms. The number of hydrogen-bond acceptors (Lipinski definition) is 5. The minimum Gasteiger partial charge on any atom is -0.489 e. The predicted molar refractivity (Wildman–Crippen MR) is 98.3 cm³/mol. The van der Waals surface area contributed by atoms with E-state index in [0.29, 0.717) is 6.54 Å². The molecule has 0 heterocycles. The van der Waals surface area contributed by atoms with Crippen LogP contribution in [0.4, 0.5) is 0 Å². The van der Waals surface area contributed by atoms with E-state index in [9.17, 15) is 18.3 Å². The summed E-state index contributed by atoms with van der Waals surface area (Å²) in [7, 11) is -3.90. The number of aromatic carboxylic acids is 1. The van der Waals surface area contributed by atoms with Crippen LogP contribution in [0.15, 0.2) is 58.3 Å². The second-order valence-electron chi connectivity index (χ2n) is 6.00. The second kappa shape index (κ2) is 8.82. The smallest absolute Gasteiger partial charge is 0.335 e. The Bertz CT molecular complexity index is 849. The third-order valence-corrected chi connectivity index (χ3v) is 5.72. The fourth-order valence-corrected chi connectivity index (χ4v) is 3.96. The highest BCUT2D eigenvalue weighted by molar-refractivity contribution is 7.91. The first-order chi connectivity index (χ1) is 12.4. The first-order valence-corrected chi connectivity index (χ1v) is 9.88. The molecule has 2 rings (SSSR count). The average molecular weight is 377 g/mol. The summed E-state index contributed by atoms with van der Waals surface area (Å²) in [6.07, 6.45) is 2.23. The number of nitrogens with two attached hydrogens (primary N) is 1. The van der Waals surface area contributed by atoms with Gasteiger partial charge in [0.15, 0.2) is 0 Å². The van der Waals surface area contributed by atoms with Crippen LogP contribution in [0.2, 0.25) is 0 Å². The van der Waals surface area contributed by atoms with Crippen molar-refractivity contribution in [3.8, 4) is 5.75 Å². The molecule has 140 valence electrons. The highest BCUT2D eigenvalue weighted by Crippen LogP contribution is 2.31. The molecule has 0 fully saturated rings. The van der Waals surface area contributed by atoms with Crippen molar-refractivity contribution in [3.63, 3.8) is 0 Å². The van der Waals surface area contributed by atoms with Crippen LogP contribution in [0.3, 0.4) is 0 Å². The van der Waals surface area contributed by atoms with E-state index < -0.39 is 15.8 Å². The third-order valence-electron chi connectivity index (χ3n) is 3.93. The van der Waals surface area contributed by atoms with Gasteiger partial charge in [-0.3, -0.25) is 0 Å². The zero-order chi connectivity index (χ0) is 19.2. The Morgan fingerprint density at radius 2 is 1.85 bits per heavy atom. The van der Waals surface area contributed by atoms with Crippen molar-refractivity contribution in [3.05, 3.63) is 54.1 Å². The van der Waals surface area contributed by atoms with E-state index in [1.807, 2.05) is 6.92 Å². The number of rotatable bonds is 9. The molecule has 0 aromatic heterocycles. The quantitative estimate of drug-likeness (QED) is 0.650. The molecule has 3 N–H and O–H groups in total. The van der Waals surface area contributed by atoms with Gasteiger partial charge in [0.05, 0.1) is 16.6 Å². The maximum absolute atomic E-state index is 13.0. The Kier molecular flexibility index (Phi) is 6.76. The van der Waals surface area contributed by atoms with E-state index in [0.717, 1.165) is 25.3 Å². The summed E-state index contributed by atoms with van der Waals surface area (Å²) in [6.45, 7) is 2.44. The van der Waals surface area contributed by atoms with Gasteiger partial charge in [-0.05, 0) is 63.1 Å². The maximum Gasteiger partial charge on any atom is 0.335 e. The highest BCUT2D eigenvalue weighted by atomic mass is 32.2. The molecule has 0 aliphatic heterocycles. The first-order valence-electron chi connectivity index (χ1n) is 8.40. The number of benzene rings is 2. The van der Waals surface area contributed by atoms with Gasteiger partial charge in [-0.15, -0.1) is 0 Å². The number of ether oxygens (including phenoxy) is 1. The van der Waals surface area contributed by atoms with Gasteiger partial charge in [-0.2, -0.15) is 0 Å². The molecular formula is C19H23NO5S. The first kappa shape index (κ1) is 19.9. The van der Waals surface area contributed by atoms with Crippen molar-refractivity contribution in [2.45, 2.75) is 42.1 Å². The fraction of sp³-hybridized carbons (Fsp3) is 0.316. The molecule has 1 atom stereocenters. The molecule has 2 aromatic rings. The maximum atomic E-state index is 13.0. The molecule has 0 amide bonds. The van der Waals surface area contributed by atoms with E-state index in [-0.39, 0.29) is 27.2 Å². The van der Waals surface area contributed by atoms with Gasteiger partial charge < -0.3 is 15.6 Å². The van der Waals surface area contributed by atoms with Crippen LogP contribution in [0.25, 0.3) is 0 Å². The summed E-state index contributed by atoms with van der Waals surface area (Å²) in [5, 5.41) is 9.21. The summed E-state index contributed by atoms with van der Waals surface area (Å²) < 4.78 is 31.8. The van der Waals surface area contributed by atoms with Crippen molar-refractivity contribution in [2.75, 3.05) is 6.54 Å². The number of hydrogen-bond donors (Lipinski definition) is 2. The van der Waals surface area contributed by atoms with Gasteiger partial charge in [-0.1, -0.05) is 18.2 Å². The predicted octanol–water partition coefficient (Wildman–Crippen LogP) is 3.11. The largest absolute Gasteiger partial charge is 0.489 e. The van der Waals surface area contributed by atoms with E-state index >= 15 is 0 Å². The molecule has 0 radical (unpaired) electrons. The Balaban J connectivity index is 2.41. The Morgan fingerprint density at radius 3 is 2.46 bits per heavy atom. The normalized spacial score (nSPS) is 12.5. The number of carboxylic acid groups (broad SMARTS) is 1. The van der Waals surface area contributed by atoms with Crippen molar-refractivity contribution in [2.24, 2.45) is 5.73 Å². The summed E-state index contributed by atoms with van der Waals surface area (Å²) in [5.74, 6) is -1.05. The third kappa shape index (κ3) is 4.83. The molecule has 0 aliphatic carbocycles. The minimum absolute atomic E-state index is 0.0863. The Labute approximate surface area is 153 Å². The van der Waals surface area contributed by atoms with Crippen LogP contribution in [0, 0.1) is 0 Å². The van der Waals surface area contributed by atoms with Gasteiger partial charge in [0, 0.05) is 0 Å². The van der Waals surface area contributed by atoms with Crippen LogP contribution >= 0.6 is 0 Å². The van der Waals surface area contributed by atoms with Crippen molar-refractivity contribution in [1.82, 2.24) is 0 Å². The molecule has 0 saturated carbocycles. The van der Waals surface area contributed by atoms with Crippen LogP contribution in [-0.4, -0.2) is 32.1 Å². The Morgan fingerprint density at radius 1 is 1.15 bits per heavy atom. The SMILES string of the molecule is CC(CCCCN)Oc1ccc(C(=O)O)cc1S(=O)(=O)c1ccccc1. The lowest BCUT2D eigenvalue weighted by molar-refractivity contribution is 0.0696. The molecule has 2 aromatic carbocycles. The van der Waals surface area contributed by atoms with Crippen LogP contribution in [0.5, 0.6) is 5.75 Å². The molecule has 26 heavy (non-hydrogen) atoms. The van der Waals surface area contributed by atoms with E-state index in [4.69, 9.17) is 10.5 Å². The van der Waals surface area contributed by atoms with Gasteiger partial charge in [0.1, 0.15) is 10.6 Å². The second-order valence-corrected chi connectivity index (χ2v) is 7.91. The van der Waals surface area contributed by atoms with Crippen molar-refractivity contribution >= 4 is 15.8 Å². The van der Waals surface area contributed by atoms with Crippen LogP contribution in [0.1, 0.15) is 36.5 Å². The zero-order valence-corrected chi connectivity index (χ0v) is 15.4. The molecule has 0 aliphatic rings. The summed E-state index contributed by atoms with van der Waals surface area (Å²) in [5.41, 5.74) is 5.37. The lowest BCUT2D eigenvalue weighted by Crippen LogP contribution is -2.15. The standard InChI is InChI=1S/C19H23NO5S/c1-14(7-5-6-12-20)25-17-11-10-15(19(21)22)13-18(17)26(23,24)16-8-3-2-4-9-16/h2-4,8-11,13-14H,5-7,12,20H2,1H3,(H,21,22). The molecule has 0 saturated heterocycles. The molecule has 1 unspecified atom stereocenters. The van der Waals surface area contributed by atoms with Gasteiger partial charge >= 0.3 is 5.97 Å². The van der Waals surface area contributed by atoms with E-state index in [1.54, 1.807) is 18.2 Å². The topological polar surface area (TPSA) is 107 Å². The molecule has 0 spiro atoms. The lowest BCUT2D eigenvalue weighted by Gasteiger charge is -2.18. The summed E-state index contributed by atoms with van der Waals surface area (Å²) >= 11 is 0. The van der Waals surface area contributed by atoms with Gasteiger partial charge in [0.2, 0.25) is 9.84 Å². The Hall–Kier alpha value is -2.38. The average Bonchev–Trinajstić information content (AvgIpc) is 2.62. The molecular weight excluding hydrogens is 354 g/mol. The van der Waals surface area contributed by atoms with Crippen LogP contribution in [-0.2, 0) is 9.84 Å². The number of carboxylic acids is 1. The van der Waals surface area contributed by atoms with E-state index in [2.05, 4.69) is 0 Å². The molecule has 7 heteroatoms. The molecule has 6 nitrogen and oxygen atoms in total. The number of unbranched alkanes of at least 4 members (excludes halogenated alkanes) is 1. The van der Waals surface area contributed by atoms with Gasteiger partial charge in [0.25, 0.3) is 0 Å². The summed E-state index contributed by atoms with van der Waals surface area (Å²) in [6, 6.07) is 11.8. The monoisotopic (exact) mass is 377 g/mol. The minimum atomic E-state index is -3.90. The number of sulfone groups is 1. The zero-order valence-electron chi connectivity index (χ0n) is 14.6. The van der Waals surface area contributed by atoms with Gasteiger partial charge in [-0.25, -0.2) is 13.2 Å². The van der Waals surface area contributed by atoms with E-state index in [1.165, 1.54) is 24.3 Å². The number of carbonyl (C=O) groups is 1. The van der Waals surface area contributed by atoms with Crippen molar-refractivity contribution in [1.29, 1.82) is 0 Å². The van der Waals surface area contributed by atoms with Crippen LogP contribution < -0.4 is 10.5 Å². The highest BCUT2D eigenvalue weighted by Gasteiger charge is 2.24. The van der Waals surface area contributed by atoms with Crippen molar-refractivity contribution < 1.29 is 23.1 Å². The lowest BCUT2D eigenvalue weighted by atomic mass is 10.1. The summed E-state index contributed by atoms with van der Waals surface area (Å²) in [4.78, 5) is 11.2.